The van der Waals surface area contributed by atoms with Crippen LogP contribution in [0.25, 0.3) is 0 Å². The molecule has 0 fully saturated rings. The van der Waals surface area contributed by atoms with Gasteiger partial charge in [-0.3, -0.25) is 4.79 Å². The van der Waals surface area contributed by atoms with Gasteiger partial charge in [0, 0.05) is 32.7 Å². The maximum atomic E-state index is 13.0. The van der Waals surface area contributed by atoms with Gasteiger partial charge in [0.25, 0.3) is 5.91 Å². The number of hydrogen-bond acceptors (Lipinski definition) is 5. The van der Waals surface area contributed by atoms with Crippen molar-refractivity contribution in [3.63, 3.8) is 0 Å². The largest absolute Gasteiger partial charge is 0.497 e. The van der Waals surface area contributed by atoms with Gasteiger partial charge >= 0.3 is 0 Å². The number of imidazole rings is 1. The maximum absolute atomic E-state index is 13.0. The standard InChI is InChI=1S/C22H24N4O3/c1-25-12-11-23-21-20(22(25)27)26(14-16-7-4-3-5-8-16)19(24-21)15-29-18-10-6-9-17(13-18)28-2/h3-10,13,23H,11-12,14-15H2,1-2H3. The number of ether oxygens (including phenoxy) is 2. The van der Waals surface area contributed by atoms with Crippen molar-refractivity contribution in [2.75, 3.05) is 32.6 Å². The van der Waals surface area contributed by atoms with Gasteiger partial charge in [-0.2, -0.15) is 0 Å². The Morgan fingerprint density at radius 1 is 1.10 bits per heavy atom. The molecule has 1 aliphatic rings. The number of aromatic nitrogens is 2. The lowest BCUT2D eigenvalue weighted by molar-refractivity contribution is 0.0794. The smallest absolute Gasteiger partial charge is 0.274 e. The van der Waals surface area contributed by atoms with Crippen LogP contribution in [-0.2, 0) is 13.2 Å². The van der Waals surface area contributed by atoms with Crippen molar-refractivity contribution < 1.29 is 14.3 Å². The van der Waals surface area contributed by atoms with Crippen LogP contribution in [0.3, 0.4) is 0 Å². The van der Waals surface area contributed by atoms with Crippen LogP contribution in [0.5, 0.6) is 11.5 Å². The Labute approximate surface area is 169 Å². The van der Waals surface area contributed by atoms with Gasteiger partial charge in [0.2, 0.25) is 0 Å². The van der Waals surface area contributed by atoms with Crippen LogP contribution < -0.4 is 14.8 Å². The highest BCUT2D eigenvalue weighted by Gasteiger charge is 2.28. The highest BCUT2D eigenvalue weighted by atomic mass is 16.5. The Kier molecular flexibility index (Phi) is 5.37. The fourth-order valence-corrected chi connectivity index (χ4v) is 3.35. The molecule has 7 heteroatoms. The highest BCUT2D eigenvalue weighted by molar-refractivity contribution is 5.98. The third-order valence-electron chi connectivity index (χ3n) is 4.93. The zero-order valence-electron chi connectivity index (χ0n) is 16.6. The van der Waals surface area contributed by atoms with Crippen molar-refractivity contribution in [3.05, 3.63) is 71.7 Å². The molecule has 1 N–H and O–H groups in total. The number of likely N-dealkylation sites (N-methyl/N-ethyl adjacent to an activating group) is 1. The number of carbonyl (C=O) groups is 1. The van der Waals surface area contributed by atoms with Crippen molar-refractivity contribution in [2.24, 2.45) is 0 Å². The molecule has 7 nitrogen and oxygen atoms in total. The molecule has 0 saturated heterocycles. The van der Waals surface area contributed by atoms with E-state index >= 15 is 0 Å². The summed E-state index contributed by atoms with van der Waals surface area (Å²) >= 11 is 0. The van der Waals surface area contributed by atoms with E-state index in [1.165, 1.54) is 0 Å². The lowest BCUT2D eigenvalue weighted by atomic mass is 10.2. The number of nitrogens with zero attached hydrogens (tertiary/aromatic N) is 3. The van der Waals surface area contributed by atoms with Crippen LogP contribution in [0.15, 0.2) is 54.6 Å². The molecular weight excluding hydrogens is 368 g/mol. The quantitative estimate of drug-likeness (QED) is 0.698. The molecule has 0 bridgehead atoms. The first kappa shape index (κ1) is 18.9. The third kappa shape index (κ3) is 4.03. The first-order valence-electron chi connectivity index (χ1n) is 9.55. The van der Waals surface area contributed by atoms with Crippen molar-refractivity contribution in [3.8, 4) is 11.5 Å². The molecule has 2 aromatic carbocycles. The number of nitrogens with one attached hydrogen (secondary N) is 1. The molecule has 1 aliphatic heterocycles. The molecule has 0 atom stereocenters. The van der Waals surface area contributed by atoms with Gasteiger partial charge in [-0.15, -0.1) is 0 Å². The number of hydrogen-bond donors (Lipinski definition) is 1. The topological polar surface area (TPSA) is 68.6 Å². The Bertz CT molecular complexity index is 1000. The van der Waals surface area contributed by atoms with Gasteiger partial charge in [-0.1, -0.05) is 36.4 Å². The summed E-state index contributed by atoms with van der Waals surface area (Å²) in [5.74, 6) is 2.67. The summed E-state index contributed by atoms with van der Waals surface area (Å²) in [5.41, 5.74) is 1.66. The van der Waals surface area contributed by atoms with Crippen molar-refractivity contribution in [1.29, 1.82) is 0 Å². The Balaban J connectivity index is 1.67. The van der Waals surface area contributed by atoms with E-state index in [1.54, 1.807) is 12.0 Å². The molecule has 150 valence electrons. The molecule has 3 aromatic rings. The van der Waals surface area contributed by atoms with Gasteiger partial charge < -0.3 is 24.3 Å². The Morgan fingerprint density at radius 3 is 2.69 bits per heavy atom. The summed E-state index contributed by atoms with van der Waals surface area (Å²) < 4.78 is 13.2. The molecular formula is C22H24N4O3. The third-order valence-corrected chi connectivity index (χ3v) is 4.93. The van der Waals surface area contributed by atoms with Crippen LogP contribution >= 0.6 is 0 Å². The van der Waals surface area contributed by atoms with Crippen LogP contribution in [0.4, 0.5) is 5.82 Å². The average Bonchev–Trinajstić information content (AvgIpc) is 3.02. The second-order valence-electron chi connectivity index (χ2n) is 6.92. The van der Waals surface area contributed by atoms with Gasteiger partial charge in [0.15, 0.2) is 11.5 Å². The minimum absolute atomic E-state index is 0.0407. The molecule has 0 radical (unpaired) electrons. The van der Waals surface area contributed by atoms with Crippen LogP contribution in [0.2, 0.25) is 0 Å². The number of methoxy groups -OCH3 is 1. The number of anilines is 1. The minimum atomic E-state index is -0.0407. The molecule has 1 aromatic heterocycles. The summed E-state index contributed by atoms with van der Waals surface area (Å²) in [7, 11) is 3.43. The average molecular weight is 392 g/mol. The van der Waals surface area contributed by atoms with Crippen LogP contribution in [0.1, 0.15) is 21.9 Å². The molecule has 4 rings (SSSR count). The predicted molar refractivity (Wildman–Crippen MR) is 111 cm³/mol. The van der Waals surface area contributed by atoms with Crippen molar-refractivity contribution >= 4 is 11.7 Å². The summed E-state index contributed by atoms with van der Waals surface area (Å²) in [4.78, 5) is 19.4. The first-order chi connectivity index (χ1) is 14.2. The minimum Gasteiger partial charge on any atom is -0.497 e. The first-order valence-corrected chi connectivity index (χ1v) is 9.55. The van der Waals surface area contributed by atoms with E-state index in [0.29, 0.717) is 42.7 Å². The zero-order chi connectivity index (χ0) is 20.2. The molecule has 29 heavy (non-hydrogen) atoms. The molecule has 0 spiro atoms. The lowest BCUT2D eigenvalue weighted by Gasteiger charge is -2.17. The Morgan fingerprint density at radius 2 is 1.90 bits per heavy atom. The zero-order valence-corrected chi connectivity index (χ0v) is 16.6. The molecule has 0 aliphatic carbocycles. The van der Waals surface area contributed by atoms with Gasteiger partial charge in [0.05, 0.1) is 7.11 Å². The van der Waals surface area contributed by atoms with Crippen LogP contribution in [-0.4, -0.2) is 47.6 Å². The van der Waals surface area contributed by atoms with Crippen molar-refractivity contribution in [2.45, 2.75) is 13.2 Å². The number of benzene rings is 2. The summed E-state index contributed by atoms with van der Waals surface area (Å²) in [5, 5.41) is 3.28. The normalized spacial score (nSPS) is 13.4. The number of fused-ring (bicyclic) bond motifs is 1. The number of amides is 1. The predicted octanol–water partition coefficient (Wildman–Crippen LogP) is 3.02. The van der Waals surface area contributed by atoms with E-state index in [1.807, 2.05) is 66.2 Å². The fraction of sp³-hybridized carbons (Fsp3) is 0.273. The van der Waals surface area contributed by atoms with E-state index in [0.717, 1.165) is 11.3 Å². The van der Waals surface area contributed by atoms with E-state index in [2.05, 4.69) is 5.32 Å². The van der Waals surface area contributed by atoms with E-state index in [4.69, 9.17) is 14.5 Å². The second-order valence-corrected chi connectivity index (χ2v) is 6.92. The highest BCUT2D eigenvalue weighted by Crippen LogP contribution is 2.25. The summed E-state index contributed by atoms with van der Waals surface area (Å²) in [6, 6.07) is 17.5. The van der Waals surface area contributed by atoms with E-state index in [9.17, 15) is 4.79 Å². The fourth-order valence-electron chi connectivity index (χ4n) is 3.35. The van der Waals surface area contributed by atoms with Crippen LogP contribution in [0, 0.1) is 0 Å². The monoisotopic (exact) mass is 392 g/mol. The molecule has 1 amide bonds. The Hall–Kier alpha value is -3.48. The number of rotatable bonds is 6. The molecule has 0 saturated carbocycles. The van der Waals surface area contributed by atoms with Gasteiger partial charge in [-0.25, -0.2) is 4.98 Å². The molecule has 2 heterocycles. The lowest BCUT2D eigenvalue weighted by Crippen LogP contribution is -2.30. The van der Waals surface area contributed by atoms with Gasteiger partial charge in [0.1, 0.15) is 23.9 Å². The maximum Gasteiger partial charge on any atom is 0.274 e. The molecule has 0 unspecified atom stereocenters. The van der Waals surface area contributed by atoms with Gasteiger partial charge in [-0.05, 0) is 17.7 Å². The summed E-state index contributed by atoms with van der Waals surface area (Å²) in [6.07, 6.45) is 0. The summed E-state index contributed by atoms with van der Waals surface area (Å²) in [6.45, 7) is 2.08. The second kappa shape index (κ2) is 8.26. The van der Waals surface area contributed by atoms with E-state index < -0.39 is 0 Å². The number of carbonyl (C=O) groups excluding carboxylic acids is 1. The van der Waals surface area contributed by atoms with E-state index in [-0.39, 0.29) is 12.5 Å². The van der Waals surface area contributed by atoms with Crippen molar-refractivity contribution in [1.82, 2.24) is 14.5 Å². The SMILES string of the molecule is COc1cccc(OCc2nc3c(n2Cc2ccccc2)C(=O)N(C)CCN3)c1.